The summed E-state index contributed by atoms with van der Waals surface area (Å²) < 4.78 is 0. The SMILES string of the molecule is CC1CNC(C2CCC2)SC1. The molecule has 0 radical (unpaired) electrons. The van der Waals surface area contributed by atoms with Crippen LogP contribution >= 0.6 is 11.8 Å². The van der Waals surface area contributed by atoms with Gasteiger partial charge >= 0.3 is 0 Å². The summed E-state index contributed by atoms with van der Waals surface area (Å²) >= 11 is 2.14. The molecule has 11 heavy (non-hydrogen) atoms. The first-order chi connectivity index (χ1) is 5.36. The Hall–Kier alpha value is 0.310. The number of thioether (sulfide) groups is 1. The van der Waals surface area contributed by atoms with E-state index in [-0.39, 0.29) is 0 Å². The van der Waals surface area contributed by atoms with Gasteiger partial charge in [-0.25, -0.2) is 0 Å². The van der Waals surface area contributed by atoms with Crippen LogP contribution in [0.15, 0.2) is 0 Å². The van der Waals surface area contributed by atoms with E-state index in [9.17, 15) is 0 Å². The van der Waals surface area contributed by atoms with E-state index < -0.39 is 0 Å². The molecule has 1 heterocycles. The molecule has 0 aromatic rings. The average molecular weight is 171 g/mol. The van der Waals surface area contributed by atoms with Crippen LogP contribution in [-0.2, 0) is 0 Å². The Kier molecular flexibility index (Phi) is 2.42. The molecule has 1 N–H and O–H groups in total. The lowest BCUT2D eigenvalue weighted by Gasteiger charge is -2.37. The second-order valence-corrected chi connectivity index (χ2v) is 5.13. The van der Waals surface area contributed by atoms with Crippen molar-refractivity contribution in [2.24, 2.45) is 11.8 Å². The molecule has 2 atom stereocenters. The molecule has 64 valence electrons. The number of rotatable bonds is 1. The summed E-state index contributed by atoms with van der Waals surface area (Å²) in [6, 6.07) is 0. The molecule has 2 aliphatic rings. The van der Waals surface area contributed by atoms with Crippen LogP contribution in [0.25, 0.3) is 0 Å². The highest BCUT2D eigenvalue weighted by molar-refractivity contribution is 7.99. The second kappa shape index (κ2) is 3.36. The zero-order valence-corrected chi connectivity index (χ0v) is 7.99. The van der Waals surface area contributed by atoms with Gasteiger partial charge in [0, 0.05) is 0 Å². The molecule has 2 fully saturated rings. The topological polar surface area (TPSA) is 12.0 Å². The Bertz CT molecular complexity index is 126. The standard InChI is InChI=1S/C9H17NS/c1-7-5-10-9(11-6-7)8-3-2-4-8/h7-10H,2-6H2,1H3. The minimum absolute atomic E-state index is 0.806. The molecule has 0 aromatic carbocycles. The first kappa shape index (κ1) is 7.93. The monoisotopic (exact) mass is 171 g/mol. The maximum atomic E-state index is 3.63. The largest absolute Gasteiger partial charge is 0.305 e. The molecule has 2 unspecified atom stereocenters. The maximum absolute atomic E-state index is 3.63. The maximum Gasteiger partial charge on any atom is 0.0560 e. The van der Waals surface area contributed by atoms with E-state index in [0.29, 0.717) is 0 Å². The molecule has 2 rings (SSSR count). The Labute approximate surface area is 73.3 Å². The van der Waals surface area contributed by atoms with Crippen molar-refractivity contribution in [2.45, 2.75) is 31.6 Å². The van der Waals surface area contributed by atoms with E-state index in [1.165, 1.54) is 31.6 Å². The number of hydrogen-bond acceptors (Lipinski definition) is 2. The summed E-state index contributed by atoms with van der Waals surface area (Å²) in [7, 11) is 0. The summed E-state index contributed by atoms with van der Waals surface area (Å²) in [4.78, 5) is 0. The Balaban J connectivity index is 1.77. The molecular weight excluding hydrogens is 154 g/mol. The predicted molar refractivity (Wildman–Crippen MR) is 50.8 cm³/mol. The van der Waals surface area contributed by atoms with Gasteiger partial charge in [-0.3, -0.25) is 0 Å². The highest BCUT2D eigenvalue weighted by atomic mass is 32.2. The molecule has 1 saturated carbocycles. The van der Waals surface area contributed by atoms with Gasteiger partial charge in [0.2, 0.25) is 0 Å². The lowest BCUT2D eigenvalue weighted by atomic mass is 9.85. The van der Waals surface area contributed by atoms with E-state index >= 15 is 0 Å². The lowest BCUT2D eigenvalue weighted by molar-refractivity contribution is 0.273. The summed E-state index contributed by atoms with van der Waals surface area (Å²) in [5.74, 6) is 3.26. The number of hydrogen-bond donors (Lipinski definition) is 1. The van der Waals surface area contributed by atoms with Gasteiger partial charge in [0.1, 0.15) is 0 Å². The molecule has 0 amide bonds. The Morgan fingerprint density at radius 3 is 2.64 bits per heavy atom. The molecule has 2 heteroatoms. The smallest absolute Gasteiger partial charge is 0.0560 e. The van der Waals surface area contributed by atoms with Crippen LogP contribution in [-0.4, -0.2) is 17.7 Å². The third kappa shape index (κ3) is 1.73. The fourth-order valence-corrected chi connectivity index (χ4v) is 3.16. The van der Waals surface area contributed by atoms with Crippen molar-refractivity contribution in [1.29, 1.82) is 0 Å². The van der Waals surface area contributed by atoms with Crippen LogP contribution in [0.1, 0.15) is 26.2 Å². The zero-order chi connectivity index (χ0) is 7.68. The average Bonchev–Trinajstić information content (AvgIpc) is 1.90. The molecule has 1 nitrogen and oxygen atoms in total. The van der Waals surface area contributed by atoms with Crippen LogP contribution in [0.3, 0.4) is 0 Å². The van der Waals surface area contributed by atoms with Gasteiger partial charge in [-0.05, 0) is 37.0 Å². The van der Waals surface area contributed by atoms with Crippen molar-refractivity contribution in [3.05, 3.63) is 0 Å². The fraction of sp³-hybridized carbons (Fsp3) is 1.00. The van der Waals surface area contributed by atoms with Crippen molar-refractivity contribution in [1.82, 2.24) is 5.32 Å². The van der Waals surface area contributed by atoms with E-state index in [0.717, 1.165) is 17.2 Å². The molecule has 0 bridgehead atoms. The van der Waals surface area contributed by atoms with Gasteiger partial charge in [-0.2, -0.15) is 0 Å². The molecule has 1 aliphatic heterocycles. The van der Waals surface area contributed by atoms with Gasteiger partial charge in [0.15, 0.2) is 0 Å². The van der Waals surface area contributed by atoms with Crippen molar-refractivity contribution < 1.29 is 0 Å². The van der Waals surface area contributed by atoms with Crippen molar-refractivity contribution >= 4 is 11.8 Å². The predicted octanol–water partition coefficient (Wildman–Crippen LogP) is 2.09. The van der Waals surface area contributed by atoms with Gasteiger partial charge in [-0.1, -0.05) is 13.3 Å². The molecule has 1 saturated heterocycles. The fourth-order valence-electron chi connectivity index (χ4n) is 1.75. The second-order valence-electron chi connectivity index (χ2n) is 3.96. The van der Waals surface area contributed by atoms with Crippen LogP contribution < -0.4 is 5.32 Å². The summed E-state index contributed by atoms with van der Waals surface area (Å²) in [5.41, 5.74) is 0. The van der Waals surface area contributed by atoms with Crippen molar-refractivity contribution in [3.63, 3.8) is 0 Å². The third-order valence-electron chi connectivity index (χ3n) is 2.81. The molecule has 1 aliphatic carbocycles. The van der Waals surface area contributed by atoms with Crippen LogP contribution in [0.5, 0.6) is 0 Å². The van der Waals surface area contributed by atoms with E-state index in [1.54, 1.807) is 0 Å². The quantitative estimate of drug-likeness (QED) is 0.648. The highest BCUT2D eigenvalue weighted by Gasteiger charge is 2.29. The molecule has 0 aromatic heterocycles. The van der Waals surface area contributed by atoms with Crippen LogP contribution in [0.2, 0.25) is 0 Å². The zero-order valence-electron chi connectivity index (χ0n) is 7.18. The lowest BCUT2D eigenvalue weighted by Crippen LogP contribution is -2.43. The molecular formula is C9H17NS. The van der Waals surface area contributed by atoms with Gasteiger partial charge in [0.25, 0.3) is 0 Å². The minimum atomic E-state index is 0.806. The van der Waals surface area contributed by atoms with Gasteiger partial charge < -0.3 is 5.32 Å². The summed E-state index contributed by atoms with van der Waals surface area (Å²) in [6.45, 7) is 3.57. The third-order valence-corrected chi connectivity index (χ3v) is 4.48. The minimum Gasteiger partial charge on any atom is -0.305 e. The Morgan fingerprint density at radius 2 is 2.18 bits per heavy atom. The molecule has 0 spiro atoms. The van der Waals surface area contributed by atoms with E-state index in [1.807, 2.05) is 0 Å². The van der Waals surface area contributed by atoms with Gasteiger partial charge in [0.05, 0.1) is 5.37 Å². The van der Waals surface area contributed by atoms with Crippen LogP contribution in [0, 0.1) is 11.8 Å². The van der Waals surface area contributed by atoms with E-state index in [4.69, 9.17) is 0 Å². The normalized spacial score (nSPS) is 40.1. The summed E-state index contributed by atoms with van der Waals surface area (Å²) in [5, 5.41) is 4.44. The number of nitrogens with one attached hydrogen (secondary N) is 1. The first-order valence-electron chi connectivity index (χ1n) is 4.71. The highest BCUT2D eigenvalue weighted by Crippen LogP contribution is 2.36. The van der Waals surface area contributed by atoms with Crippen molar-refractivity contribution in [3.8, 4) is 0 Å². The summed E-state index contributed by atoms with van der Waals surface area (Å²) in [6.07, 6.45) is 4.41. The van der Waals surface area contributed by atoms with E-state index in [2.05, 4.69) is 24.0 Å². The first-order valence-corrected chi connectivity index (χ1v) is 5.76. The van der Waals surface area contributed by atoms with Gasteiger partial charge in [-0.15, -0.1) is 11.8 Å². The Morgan fingerprint density at radius 1 is 1.36 bits per heavy atom. The van der Waals surface area contributed by atoms with Crippen LogP contribution in [0.4, 0.5) is 0 Å². The van der Waals surface area contributed by atoms with Crippen molar-refractivity contribution in [2.75, 3.05) is 12.3 Å².